The Hall–Kier alpha value is -3.08. The molecular weight excluding hydrogens is 360 g/mol. The first-order valence-corrected chi connectivity index (χ1v) is 9.34. The summed E-state index contributed by atoms with van der Waals surface area (Å²) in [6, 6.07) is 10.5. The van der Waals surface area contributed by atoms with Gasteiger partial charge in [0, 0.05) is 19.4 Å². The first-order chi connectivity index (χ1) is 13.4. The lowest BCUT2D eigenvalue weighted by atomic mass is 9.98. The van der Waals surface area contributed by atoms with Crippen molar-refractivity contribution in [2.75, 3.05) is 6.54 Å². The normalized spacial score (nSPS) is 12.3. The number of nitrogens with one attached hydrogen (secondary N) is 2. The molecular formula is C20H28N4O4. The first-order valence-electron chi connectivity index (χ1n) is 9.34. The smallest absolute Gasteiger partial charge is 0.407 e. The Bertz CT molecular complexity index is 673. The lowest BCUT2D eigenvalue weighted by molar-refractivity contribution is -0.128. The van der Waals surface area contributed by atoms with E-state index < -0.39 is 18.0 Å². The minimum atomic E-state index is -0.840. The van der Waals surface area contributed by atoms with E-state index in [4.69, 9.17) is 15.7 Å². The molecule has 1 aromatic carbocycles. The van der Waals surface area contributed by atoms with Crippen LogP contribution in [0.4, 0.5) is 4.79 Å². The van der Waals surface area contributed by atoms with Crippen molar-refractivity contribution >= 4 is 17.9 Å². The number of nitrogens with zero attached hydrogens (tertiary/aromatic N) is 1. The third-order valence-electron chi connectivity index (χ3n) is 4.17. The van der Waals surface area contributed by atoms with Crippen molar-refractivity contribution < 1.29 is 19.1 Å². The van der Waals surface area contributed by atoms with Crippen LogP contribution in [0.5, 0.6) is 0 Å². The summed E-state index contributed by atoms with van der Waals surface area (Å²) < 4.78 is 5.10. The highest BCUT2D eigenvalue weighted by Gasteiger charge is 2.24. The van der Waals surface area contributed by atoms with Crippen molar-refractivity contribution in [1.82, 2.24) is 10.6 Å². The summed E-state index contributed by atoms with van der Waals surface area (Å²) in [5.41, 5.74) is 6.20. The van der Waals surface area contributed by atoms with Crippen LogP contribution in [0.2, 0.25) is 0 Å². The molecule has 0 aliphatic carbocycles. The molecule has 3 amide bonds. The molecule has 0 bridgehead atoms. The molecule has 8 nitrogen and oxygen atoms in total. The Balaban J connectivity index is 2.12. The second-order valence-electron chi connectivity index (χ2n) is 6.59. The third kappa shape index (κ3) is 9.57. The Morgan fingerprint density at radius 2 is 1.89 bits per heavy atom. The number of benzene rings is 1. The number of amides is 3. The van der Waals surface area contributed by atoms with Gasteiger partial charge in [0.1, 0.15) is 12.6 Å². The largest absolute Gasteiger partial charge is 0.445 e. The van der Waals surface area contributed by atoms with E-state index in [2.05, 4.69) is 10.6 Å². The highest BCUT2D eigenvalue weighted by Crippen LogP contribution is 2.08. The monoisotopic (exact) mass is 388 g/mol. The third-order valence-corrected chi connectivity index (χ3v) is 4.17. The van der Waals surface area contributed by atoms with E-state index in [9.17, 15) is 14.4 Å². The van der Waals surface area contributed by atoms with E-state index in [1.54, 1.807) is 6.92 Å². The van der Waals surface area contributed by atoms with Crippen LogP contribution >= 0.6 is 0 Å². The topological polar surface area (TPSA) is 134 Å². The molecule has 0 aromatic heterocycles. The average Bonchev–Trinajstić information content (AvgIpc) is 2.67. The molecule has 0 fully saturated rings. The number of rotatable bonds is 12. The zero-order valence-electron chi connectivity index (χ0n) is 16.1. The summed E-state index contributed by atoms with van der Waals surface area (Å²) in [7, 11) is 0. The van der Waals surface area contributed by atoms with Crippen molar-refractivity contribution in [3.8, 4) is 6.07 Å². The van der Waals surface area contributed by atoms with Gasteiger partial charge in [0.15, 0.2) is 0 Å². The number of carbonyl (C=O) groups excluding carboxylic acids is 3. The SMILES string of the molecule is C[C@H](CC#N)[C@H](NC(=O)CCCCCNC(=O)OCc1ccccc1)C(N)=O. The fraction of sp³-hybridized carbons (Fsp3) is 0.500. The zero-order chi connectivity index (χ0) is 20.8. The number of hydrogen-bond acceptors (Lipinski definition) is 5. The van der Waals surface area contributed by atoms with Gasteiger partial charge in [-0.3, -0.25) is 9.59 Å². The molecule has 0 heterocycles. The fourth-order valence-corrected chi connectivity index (χ4v) is 2.55. The van der Waals surface area contributed by atoms with Gasteiger partial charge in [0.25, 0.3) is 0 Å². The lowest BCUT2D eigenvalue weighted by Gasteiger charge is -2.20. The lowest BCUT2D eigenvalue weighted by Crippen LogP contribution is -2.48. The van der Waals surface area contributed by atoms with E-state index in [1.807, 2.05) is 36.4 Å². The van der Waals surface area contributed by atoms with Crippen molar-refractivity contribution in [3.05, 3.63) is 35.9 Å². The highest BCUT2D eigenvalue weighted by atomic mass is 16.5. The van der Waals surface area contributed by atoms with Crippen LogP contribution in [0.15, 0.2) is 30.3 Å². The summed E-state index contributed by atoms with van der Waals surface area (Å²) in [6.07, 6.45) is 1.98. The quantitative estimate of drug-likeness (QED) is 0.471. The molecule has 4 N–H and O–H groups in total. The molecule has 1 aromatic rings. The number of nitrogens with two attached hydrogens (primary N) is 1. The minimum absolute atomic E-state index is 0.139. The molecule has 0 unspecified atom stereocenters. The van der Waals surface area contributed by atoms with Gasteiger partial charge in [-0.25, -0.2) is 4.79 Å². The fourth-order valence-electron chi connectivity index (χ4n) is 2.55. The van der Waals surface area contributed by atoms with Crippen LogP contribution in [0, 0.1) is 17.2 Å². The maximum absolute atomic E-state index is 11.9. The minimum Gasteiger partial charge on any atom is -0.445 e. The maximum atomic E-state index is 11.9. The number of unbranched alkanes of at least 4 members (excludes halogenated alkanes) is 2. The second-order valence-corrected chi connectivity index (χ2v) is 6.59. The molecule has 0 radical (unpaired) electrons. The zero-order valence-corrected chi connectivity index (χ0v) is 16.1. The number of primary amides is 1. The van der Waals surface area contributed by atoms with Gasteiger partial charge in [-0.15, -0.1) is 0 Å². The number of carbonyl (C=O) groups is 3. The van der Waals surface area contributed by atoms with Gasteiger partial charge in [0.2, 0.25) is 11.8 Å². The van der Waals surface area contributed by atoms with Crippen LogP contribution < -0.4 is 16.4 Å². The van der Waals surface area contributed by atoms with Gasteiger partial charge in [0.05, 0.1) is 6.07 Å². The Kier molecular flexibility index (Phi) is 10.8. The van der Waals surface area contributed by atoms with E-state index in [-0.39, 0.29) is 31.3 Å². The summed E-state index contributed by atoms with van der Waals surface area (Å²) in [4.78, 5) is 35.0. The van der Waals surface area contributed by atoms with Gasteiger partial charge in [-0.1, -0.05) is 43.7 Å². The van der Waals surface area contributed by atoms with E-state index in [0.717, 1.165) is 12.0 Å². The van der Waals surface area contributed by atoms with E-state index in [0.29, 0.717) is 19.4 Å². The van der Waals surface area contributed by atoms with Crippen LogP contribution in [-0.2, 0) is 20.9 Å². The number of nitriles is 1. The second kappa shape index (κ2) is 13.1. The molecule has 8 heteroatoms. The van der Waals surface area contributed by atoms with E-state index >= 15 is 0 Å². The molecule has 0 aliphatic rings. The van der Waals surface area contributed by atoms with Crippen molar-refractivity contribution in [2.45, 2.75) is 51.7 Å². The molecule has 1 rings (SSSR count). The molecule has 152 valence electrons. The standard InChI is InChI=1S/C20H28N4O4/c1-15(11-12-21)18(19(22)26)24-17(25)10-6-3-7-13-23-20(27)28-14-16-8-4-2-5-9-16/h2,4-5,8-9,15,18H,3,6-7,10-11,13-14H2,1H3,(H2,22,26)(H,23,27)(H,24,25)/t15-,18+/m1/s1. The summed E-state index contributed by atoms with van der Waals surface area (Å²) in [5.74, 6) is -1.25. The first kappa shape index (κ1) is 23.0. The highest BCUT2D eigenvalue weighted by molar-refractivity contribution is 5.86. The maximum Gasteiger partial charge on any atom is 0.407 e. The Labute approximate surface area is 165 Å². The van der Waals surface area contributed by atoms with Crippen LogP contribution in [0.1, 0.15) is 44.6 Å². The van der Waals surface area contributed by atoms with Crippen LogP contribution in [0.25, 0.3) is 0 Å². The van der Waals surface area contributed by atoms with Crippen molar-refractivity contribution in [2.24, 2.45) is 11.7 Å². The summed E-state index contributed by atoms with van der Waals surface area (Å²) in [5, 5.41) is 14.0. The number of ether oxygens (including phenoxy) is 1. The van der Waals surface area contributed by atoms with Gasteiger partial charge in [-0.05, 0) is 24.3 Å². The van der Waals surface area contributed by atoms with Gasteiger partial charge >= 0.3 is 6.09 Å². The molecule has 2 atom stereocenters. The Morgan fingerprint density at radius 3 is 2.54 bits per heavy atom. The van der Waals surface area contributed by atoms with Gasteiger partial charge in [-0.2, -0.15) is 5.26 Å². The molecule has 0 saturated carbocycles. The predicted molar refractivity (Wildman–Crippen MR) is 104 cm³/mol. The average molecular weight is 388 g/mol. The van der Waals surface area contributed by atoms with Crippen molar-refractivity contribution in [1.29, 1.82) is 5.26 Å². The molecule has 0 spiro atoms. The summed E-state index contributed by atoms with van der Waals surface area (Å²) >= 11 is 0. The van der Waals surface area contributed by atoms with Crippen LogP contribution in [-0.4, -0.2) is 30.5 Å². The van der Waals surface area contributed by atoms with Gasteiger partial charge < -0.3 is 21.1 Å². The molecule has 0 saturated heterocycles. The van der Waals surface area contributed by atoms with E-state index in [1.165, 1.54) is 0 Å². The Morgan fingerprint density at radius 1 is 1.18 bits per heavy atom. The number of hydrogen-bond donors (Lipinski definition) is 3. The van der Waals surface area contributed by atoms with Crippen molar-refractivity contribution in [3.63, 3.8) is 0 Å². The predicted octanol–water partition coefficient (Wildman–Crippen LogP) is 1.99. The number of alkyl carbamates (subject to hydrolysis) is 1. The molecule has 0 aliphatic heterocycles. The van der Waals surface area contributed by atoms with Crippen LogP contribution in [0.3, 0.4) is 0 Å². The molecule has 28 heavy (non-hydrogen) atoms. The summed E-state index contributed by atoms with van der Waals surface area (Å²) in [6.45, 7) is 2.37.